The van der Waals surface area contributed by atoms with E-state index < -0.39 is 0 Å². The molecule has 2 heterocycles. The Bertz CT molecular complexity index is 747. The van der Waals surface area contributed by atoms with E-state index in [-0.39, 0.29) is 11.4 Å². The maximum absolute atomic E-state index is 13.0. The molecule has 23 heavy (non-hydrogen) atoms. The third kappa shape index (κ3) is 3.55. The van der Waals surface area contributed by atoms with Gasteiger partial charge in [0.2, 0.25) is 0 Å². The van der Waals surface area contributed by atoms with Crippen LogP contribution in [0.3, 0.4) is 0 Å². The van der Waals surface area contributed by atoms with Crippen LogP contribution in [-0.4, -0.2) is 29.4 Å². The standard InChI is InChI=1S/C16H18BrFN4O/c1-21-16(23)15(17)14(9-20-21)19-8-11-6-7-22(10-11)13-4-2-12(18)3-5-13/h2-5,9,11,19H,6-8,10H2,1H3. The highest BCUT2D eigenvalue weighted by atomic mass is 79.9. The molecular weight excluding hydrogens is 363 g/mol. The first-order chi connectivity index (χ1) is 11.0. The molecule has 1 aliphatic rings. The maximum atomic E-state index is 13.0. The molecular formula is C16H18BrFN4O. The Morgan fingerprint density at radius 1 is 1.39 bits per heavy atom. The number of anilines is 2. The van der Waals surface area contributed by atoms with Gasteiger partial charge in [-0.3, -0.25) is 4.79 Å². The Kier molecular flexibility index (Phi) is 4.66. The quantitative estimate of drug-likeness (QED) is 0.885. The van der Waals surface area contributed by atoms with Crippen LogP contribution in [0, 0.1) is 11.7 Å². The van der Waals surface area contributed by atoms with Crippen LogP contribution in [0.5, 0.6) is 0 Å². The summed E-state index contributed by atoms with van der Waals surface area (Å²) in [6.07, 6.45) is 2.71. The third-order valence-corrected chi connectivity index (χ3v) is 4.90. The zero-order valence-corrected chi connectivity index (χ0v) is 14.4. The van der Waals surface area contributed by atoms with Crippen LogP contribution in [0.4, 0.5) is 15.8 Å². The monoisotopic (exact) mass is 380 g/mol. The molecule has 0 spiro atoms. The molecule has 0 bridgehead atoms. The van der Waals surface area contributed by atoms with Gasteiger partial charge in [-0.05, 0) is 52.5 Å². The molecule has 1 atom stereocenters. The van der Waals surface area contributed by atoms with Crippen LogP contribution in [0.1, 0.15) is 6.42 Å². The SMILES string of the molecule is Cn1ncc(NCC2CCN(c3ccc(F)cc3)C2)c(Br)c1=O. The molecule has 1 fully saturated rings. The lowest BCUT2D eigenvalue weighted by Gasteiger charge is -2.19. The summed E-state index contributed by atoms with van der Waals surface area (Å²) < 4.78 is 14.8. The van der Waals surface area contributed by atoms with Gasteiger partial charge in [-0.2, -0.15) is 5.10 Å². The minimum atomic E-state index is -0.214. The van der Waals surface area contributed by atoms with Gasteiger partial charge in [-0.15, -0.1) is 0 Å². The van der Waals surface area contributed by atoms with E-state index in [4.69, 9.17) is 0 Å². The summed E-state index contributed by atoms with van der Waals surface area (Å²) in [5.41, 5.74) is 1.60. The summed E-state index contributed by atoms with van der Waals surface area (Å²) in [5.74, 6) is 0.255. The number of hydrogen-bond acceptors (Lipinski definition) is 4. The first-order valence-electron chi connectivity index (χ1n) is 7.51. The fourth-order valence-corrected chi connectivity index (χ4v) is 3.27. The fourth-order valence-electron chi connectivity index (χ4n) is 2.77. The van der Waals surface area contributed by atoms with Crippen molar-refractivity contribution >= 4 is 27.3 Å². The van der Waals surface area contributed by atoms with Crippen molar-refractivity contribution in [3.05, 3.63) is 51.1 Å². The summed E-state index contributed by atoms with van der Waals surface area (Å²) >= 11 is 3.31. The molecule has 2 aromatic rings. The largest absolute Gasteiger partial charge is 0.382 e. The Morgan fingerprint density at radius 3 is 2.87 bits per heavy atom. The van der Waals surface area contributed by atoms with Crippen LogP contribution in [0.15, 0.2) is 39.7 Å². The van der Waals surface area contributed by atoms with Crippen molar-refractivity contribution in [3.8, 4) is 0 Å². The average Bonchev–Trinajstić information content (AvgIpc) is 3.02. The molecule has 3 rings (SSSR count). The zero-order chi connectivity index (χ0) is 16.4. The highest BCUT2D eigenvalue weighted by Crippen LogP contribution is 2.25. The smallest absolute Gasteiger partial charge is 0.282 e. The van der Waals surface area contributed by atoms with Gasteiger partial charge in [0.25, 0.3) is 5.56 Å². The number of hydrogen-bond donors (Lipinski definition) is 1. The van der Waals surface area contributed by atoms with Gasteiger partial charge >= 0.3 is 0 Å². The average molecular weight is 381 g/mol. The van der Waals surface area contributed by atoms with E-state index >= 15 is 0 Å². The normalized spacial score (nSPS) is 17.5. The second kappa shape index (κ2) is 6.70. The van der Waals surface area contributed by atoms with E-state index in [1.807, 2.05) is 12.1 Å². The molecule has 1 aromatic heterocycles. The molecule has 0 amide bonds. The van der Waals surface area contributed by atoms with Crippen LogP contribution in [-0.2, 0) is 7.05 Å². The molecule has 1 N–H and O–H groups in total. The summed E-state index contributed by atoms with van der Waals surface area (Å²) in [4.78, 5) is 14.1. The molecule has 1 unspecified atom stereocenters. The number of halogens is 2. The first-order valence-corrected chi connectivity index (χ1v) is 8.30. The van der Waals surface area contributed by atoms with Gasteiger partial charge in [0.05, 0.1) is 11.9 Å². The lowest BCUT2D eigenvalue weighted by Crippen LogP contribution is -2.24. The van der Waals surface area contributed by atoms with Gasteiger partial charge < -0.3 is 10.2 Å². The molecule has 0 saturated carbocycles. The van der Waals surface area contributed by atoms with E-state index in [1.54, 1.807) is 13.2 Å². The highest BCUT2D eigenvalue weighted by Gasteiger charge is 2.23. The van der Waals surface area contributed by atoms with Crippen molar-refractivity contribution in [3.63, 3.8) is 0 Å². The van der Waals surface area contributed by atoms with Crippen molar-refractivity contribution in [1.29, 1.82) is 0 Å². The van der Waals surface area contributed by atoms with Crippen molar-refractivity contribution < 1.29 is 4.39 Å². The van der Waals surface area contributed by atoms with Gasteiger partial charge in [-0.25, -0.2) is 9.07 Å². The lowest BCUT2D eigenvalue weighted by atomic mass is 10.1. The van der Waals surface area contributed by atoms with Crippen LogP contribution in [0.25, 0.3) is 0 Å². The van der Waals surface area contributed by atoms with Crippen molar-refractivity contribution in [1.82, 2.24) is 9.78 Å². The van der Waals surface area contributed by atoms with Gasteiger partial charge in [-0.1, -0.05) is 0 Å². The van der Waals surface area contributed by atoms with Crippen LogP contribution >= 0.6 is 15.9 Å². The summed E-state index contributed by atoms with van der Waals surface area (Å²) in [6.45, 7) is 2.63. The molecule has 1 saturated heterocycles. The van der Waals surface area contributed by atoms with E-state index in [2.05, 4.69) is 31.2 Å². The molecule has 1 aliphatic heterocycles. The van der Waals surface area contributed by atoms with E-state index in [1.165, 1.54) is 16.8 Å². The second-order valence-electron chi connectivity index (χ2n) is 5.76. The Labute approximate surface area is 142 Å². The summed E-state index contributed by atoms with van der Waals surface area (Å²) in [5, 5.41) is 7.32. The predicted octanol–water partition coefficient (Wildman–Crippen LogP) is 2.62. The van der Waals surface area contributed by atoms with Crippen molar-refractivity contribution in [2.75, 3.05) is 29.9 Å². The predicted molar refractivity (Wildman–Crippen MR) is 92.4 cm³/mol. The molecule has 0 aliphatic carbocycles. The van der Waals surface area contributed by atoms with Crippen LogP contribution in [0.2, 0.25) is 0 Å². The van der Waals surface area contributed by atoms with Crippen molar-refractivity contribution in [2.45, 2.75) is 6.42 Å². The van der Waals surface area contributed by atoms with Gasteiger partial charge in [0.15, 0.2) is 0 Å². The molecule has 5 nitrogen and oxygen atoms in total. The number of nitrogens with zero attached hydrogens (tertiary/aromatic N) is 3. The summed E-state index contributed by atoms with van der Waals surface area (Å²) in [7, 11) is 1.62. The topological polar surface area (TPSA) is 50.2 Å². The zero-order valence-electron chi connectivity index (χ0n) is 12.8. The minimum absolute atomic E-state index is 0.158. The molecule has 122 valence electrons. The van der Waals surface area contributed by atoms with Crippen LogP contribution < -0.4 is 15.8 Å². The van der Waals surface area contributed by atoms with E-state index in [0.29, 0.717) is 16.1 Å². The first kappa shape index (κ1) is 16.0. The number of nitrogens with one attached hydrogen (secondary N) is 1. The van der Waals surface area contributed by atoms with E-state index in [9.17, 15) is 9.18 Å². The van der Waals surface area contributed by atoms with Crippen molar-refractivity contribution in [2.24, 2.45) is 13.0 Å². The van der Waals surface area contributed by atoms with Gasteiger partial charge in [0.1, 0.15) is 10.3 Å². The number of benzene rings is 1. The lowest BCUT2D eigenvalue weighted by molar-refractivity contribution is 0.619. The fraction of sp³-hybridized carbons (Fsp3) is 0.375. The Hall–Kier alpha value is -1.89. The Morgan fingerprint density at radius 2 is 2.13 bits per heavy atom. The highest BCUT2D eigenvalue weighted by molar-refractivity contribution is 9.10. The molecule has 7 heteroatoms. The molecule has 1 aromatic carbocycles. The summed E-state index contributed by atoms with van der Waals surface area (Å²) in [6, 6.07) is 6.60. The number of rotatable bonds is 4. The minimum Gasteiger partial charge on any atom is -0.382 e. The Balaban J connectivity index is 1.59. The maximum Gasteiger partial charge on any atom is 0.282 e. The molecule has 0 radical (unpaired) electrons. The number of aryl methyl sites for hydroxylation is 1. The number of aromatic nitrogens is 2. The van der Waals surface area contributed by atoms with E-state index in [0.717, 1.165) is 31.7 Å². The third-order valence-electron chi connectivity index (χ3n) is 4.14. The second-order valence-corrected chi connectivity index (χ2v) is 6.55. The van der Waals surface area contributed by atoms with Gasteiger partial charge in [0, 0.05) is 32.4 Å².